The van der Waals surface area contributed by atoms with E-state index < -0.39 is 0 Å². The summed E-state index contributed by atoms with van der Waals surface area (Å²) in [7, 11) is 1.65. The highest BCUT2D eigenvalue weighted by Crippen LogP contribution is 2.14. The van der Waals surface area contributed by atoms with Crippen LogP contribution in [0.25, 0.3) is 0 Å². The molecule has 0 radical (unpaired) electrons. The molecule has 1 aromatic rings. The normalized spacial score (nSPS) is 11.2. The molecule has 1 rings (SSSR count). The molecule has 5 heteroatoms. The number of oxime groups is 1. The lowest BCUT2D eigenvalue weighted by Gasteiger charge is -2.17. The van der Waals surface area contributed by atoms with Gasteiger partial charge in [0.1, 0.15) is 5.84 Å². The van der Waals surface area contributed by atoms with Crippen LogP contribution in [0.2, 0.25) is 0 Å². The van der Waals surface area contributed by atoms with Gasteiger partial charge in [0, 0.05) is 12.7 Å². The third-order valence-corrected chi connectivity index (χ3v) is 2.26. The number of anilines is 1. The summed E-state index contributed by atoms with van der Waals surface area (Å²) in [5.41, 5.74) is 7.17. The lowest BCUT2D eigenvalue weighted by atomic mass is 10.2. The Bertz CT molecular complexity index is 398. The van der Waals surface area contributed by atoms with Gasteiger partial charge >= 0.3 is 0 Å². The molecule has 1 amide bonds. The van der Waals surface area contributed by atoms with E-state index in [0.717, 1.165) is 11.3 Å². The number of carbonyl (C=O) groups excluding carboxylic acids is 1. The van der Waals surface area contributed by atoms with Gasteiger partial charge < -0.3 is 15.8 Å². The Morgan fingerprint density at radius 3 is 2.50 bits per heavy atom. The molecule has 0 spiro atoms. The van der Waals surface area contributed by atoms with E-state index in [9.17, 15) is 4.79 Å². The predicted octanol–water partition coefficient (Wildman–Crippen LogP) is 1.09. The zero-order chi connectivity index (χ0) is 12.1. The molecule has 86 valence electrons. The summed E-state index contributed by atoms with van der Waals surface area (Å²) < 4.78 is 0. The number of benzene rings is 1. The number of hydrogen-bond donors (Lipinski definition) is 2. The number of nitrogens with two attached hydrogens (primary N) is 1. The molecule has 0 saturated heterocycles. The molecular weight excluding hydrogens is 206 g/mol. The fourth-order valence-electron chi connectivity index (χ4n) is 1.22. The Kier molecular flexibility index (Phi) is 3.88. The minimum atomic E-state index is -0.223. The Morgan fingerprint density at radius 2 is 2.00 bits per heavy atom. The van der Waals surface area contributed by atoms with Gasteiger partial charge in [0.05, 0.1) is 6.42 Å². The number of amidine groups is 1. The minimum absolute atomic E-state index is 0.0936. The van der Waals surface area contributed by atoms with E-state index in [1.54, 1.807) is 7.05 Å². The van der Waals surface area contributed by atoms with Crippen LogP contribution < -0.4 is 10.6 Å². The van der Waals surface area contributed by atoms with Crippen LogP contribution in [0.3, 0.4) is 0 Å². The van der Waals surface area contributed by atoms with Gasteiger partial charge in [0.25, 0.3) is 0 Å². The highest BCUT2D eigenvalue weighted by atomic mass is 16.4. The summed E-state index contributed by atoms with van der Waals surface area (Å²) in [5, 5.41) is 11.1. The number of amides is 1. The molecule has 1 aromatic carbocycles. The average Bonchev–Trinajstić information content (AvgIpc) is 2.28. The highest BCUT2D eigenvalue weighted by Gasteiger charge is 2.12. The second-order valence-electron chi connectivity index (χ2n) is 3.56. The van der Waals surface area contributed by atoms with E-state index in [4.69, 9.17) is 10.9 Å². The maximum absolute atomic E-state index is 11.7. The van der Waals surface area contributed by atoms with E-state index in [-0.39, 0.29) is 18.2 Å². The van der Waals surface area contributed by atoms with Crippen molar-refractivity contribution in [3.05, 3.63) is 29.8 Å². The van der Waals surface area contributed by atoms with Gasteiger partial charge in [0.2, 0.25) is 5.91 Å². The summed E-state index contributed by atoms with van der Waals surface area (Å²) >= 11 is 0. The zero-order valence-electron chi connectivity index (χ0n) is 9.34. The van der Waals surface area contributed by atoms with Crippen molar-refractivity contribution < 1.29 is 10.0 Å². The van der Waals surface area contributed by atoms with Crippen LogP contribution in [-0.4, -0.2) is 24.0 Å². The fourth-order valence-corrected chi connectivity index (χ4v) is 1.22. The Balaban J connectivity index is 2.74. The first kappa shape index (κ1) is 12.0. The molecule has 0 bridgehead atoms. The molecule has 0 aliphatic heterocycles. The molecule has 0 aliphatic carbocycles. The van der Waals surface area contributed by atoms with Crippen LogP contribution >= 0.6 is 0 Å². The second-order valence-corrected chi connectivity index (χ2v) is 3.56. The van der Waals surface area contributed by atoms with Crippen molar-refractivity contribution in [3.63, 3.8) is 0 Å². The molecule has 0 atom stereocenters. The van der Waals surface area contributed by atoms with E-state index in [1.807, 2.05) is 31.2 Å². The molecule has 0 aliphatic rings. The van der Waals surface area contributed by atoms with Crippen LogP contribution in [0.1, 0.15) is 12.0 Å². The lowest BCUT2D eigenvalue weighted by molar-refractivity contribution is -0.117. The maximum atomic E-state index is 11.7. The van der Waals surface area contributed by atoms with Crippen molar-refractivity contribution in [3.8, 4) is 0 Å². The monoisotopic (exact) mass is 221 g/mol. The standard InChI is InChI=1S/C11H15N3O2/c1-8-3-5-9(6-4-8)14(2)11(15)7-10(12)13-16/h3-6,16H,7H2,1-2H3,(H2,12,13). The molecule has 0 saturated carbocycles. The molecule has 0 aromatic heterocycles. The molecular formula is C11H15N3O2. The number of nitrogens with zero attached hydrogens (tertiary/aromatic N) is 2. The molecule has 0 unspecified atom stereocenters. The minimum Gasteiger partial charge on any atom is -0.409 e. The number of hydrogen-bond acceptors (Lipinski definition) is 3. The first-order valence-electron chi connectivity index (χ1n) is 4.84. The largest absolute Gasteiger partial charge is 0.409 e. The van der Waals surface area contributed by atoms with Crippen molar-refractivity contribution in [2.75, 3.05) is 11.9 Å². The van der Waals surface area contributed by atoms with Gasteiger partial charge in [-0.15, -0.1) is 0 Å². The van der Waals surface area contributed by atoms with Gasteiger partial charge in [-0.2, -0.15) is 0 Å². The summed E-state index contributed by atoms with van der Waals surface area (Å²) in [6, 6.07) is 7.53. The second kappa shape index (κ2) is 5.16. The molecule has 3 N–H and O–H groups in total. The van der Waals surface area contributed by atoms with E-state index in [1.165, 1.54) is 4.90 Å². The Morgan fingerprint density at radius 1 is 1.44 bits per heavy atom. The first-order chi connectivity index (χ1) is 7.54. The van der Waals surface area contributed by atoms with Crippen molar-refractivity contribution in [2.45, 2.75) is 13.3 Å². The third kappa shape index (κ3) is 2.98. The van der Waals surface area contributed by atoms with Crippen molar-refractivity contribution in [2.24, 2.45) is 10.9 Å². The number of rotatable bonds is 3. The van der Waals surface area contributed by atoms with Gasteiger partial charge in [-0.05, 0) is 19.1 Å². The van der Waals surface area contributed by atoms with Crippen LogP contribution in [-0.2, 0) is 4.79 Å². The van der Waals surface area contributed by atoms with Crippen LogP contribution in [0.5, 0.6) is 0 Å². The van der Waals surface area contributed by atoms with Gasteiger partial charge in [-0.25, -0.2) is 0 Å². The smallest absolute Gasteiger partial charge is 0.234 e. The summed E-state index contributed by atoms with van der Waals surface area (Å²) in [6.45, 7) is 1.97. The average molecular weight is 221 g/mol. The molecule has 0 fully saturated rings. The van der Waals surface area contributed by atoms with E-state index in [0.29, 0.717) is 0 Å². The zero-order valence-corrected chi connectivity index (χ0v) is 9.34. The maximum Gasteiger partial charge on any atom is 0.234 e. The fraction of sp³-hybridized carbons (Fsp3) is 0.273. The van der Waals surface area contributed by atoms with E-state index >= 15 is 0 Å². The lowest BCUT2D eigenvalue weighted by Crippen LogP contribution is -2.30. The number of carbonyl (C=O) groups is 1. The SMILES string of the molecule is Cc1ccc(N(C)C(=O)CC(N)=NO)cc1. The van der Waals surface area contributed by atoms with Crippen LogP contribution in [0.15, 0.2) is 29.4 Å². The summed E-state index contributed by atoms with van der Waals surface area (Å²) in [5.74, 6) is -0.317. The Labute approximate surface area is 94.2 Å². The van der Waals surface area contributed by atoms with E-state index in [2.05, 4.69) is 5.16 Å². The Hall–Kier alpha value is -2.04. The molecule has 0 heterocycles. The summed E-state index contributed by atoms with van der Waals surface area (Å²) in [6.07, 6.45) is -0.0964. The van der Waals surface area contributed by atoms with Gasteiger partial charge in [-0.3, -0.25) is 4.79 Å². The van der Waals surface area contributed by atoms with Crippen molar-refractivity contribution in [1.82, 2.24) is 0 Å². The highest BCUT2D eigenvalue weighted by molar-refractivity contribution is 6.05. The topological polar surface area (TPSA) is 78.9 Å². The third-order valence-electron chi connectivity index (χ3n) is 2.26. The van der Waals surface area contributed by atoms with Crippen molar-refractivity contribution in [1.29, 1.82) is 0 Å². The molecule has 5 nitrogen and oxygen atoms in total. The van der Waals surface area contributed by atoms with Gasteiger partial charge in [0.15, 0.2) is 0 Å². The predicted molar refractivity (Wildman–Crippen MR) is 62.6 cm³/mol. The molecule has 16 heavy (non-hydrogen) atoms. The van der Waals surface area contributed by atoms with Crippen LogP contribution in [0, 0.1) is 6.92 Å². The van der Waals surface area contributed by atoms with Gasteiger partial charge in [-0.1, -0.05) is 22.9 Å². The summed E-state index contributed by atoms with van der Waals surface area (Å²) in [4.78, 5) is 13.1. The quantitative estimate of drug-likeness (QED) is 0.347. The van der Waals surface area contributed by atoms with Crippen molar-refractivity contribution >= 4 is 17.4 Å². The first-order valence-corrected chi connectivity index (χ1v) is 4.84. The number of aryl methyl sites for hydroxylation is 1. The van der Waals surface area contributed by atoms with Crippen LogP contribution in [0.4, 0.5) is 5.69 Å².